The van der Waals surface area contributed by atoms with Gasteiger partial charge in [-0.05, 0) is 19.3 Å². The van der Waals surface area contributed by atoms with Crippen molar-refractivity contribution in [3.8, 4) is 0 Å². The first-order valence-corrected chi connectivity index (χ1v) is 10.2. The molecule has 0 radical (unpaired) electrons. The third kappa shape index (κ3) is 9.08. The summed E-state index contributed by atoms with van der Waals surface area (Å²) in [6, 6.07) is 0. The molecule has 0 amide bonds. The Morgan fingerprint density at radius 3 is 1.88 bits per heavy atom. The van der Waals surface area contributed by atoms with Gasteiger partial charge < -0.3 is 9.47 Å². The van der Waals surface area contributed by atoms with E-state index in [0.29, 0.717) is 19.6 Å². The van der Waals surface area contributed by atoms with Gasteiger partial charge in [0.1, 0.15) is 0 Å². The van der Waals surface area contributed by atoms with Crippen LogP contribution in [-0.2, 0) is 19.1 Å². The summed E-state index contributed by atoms with van der Waals surface area (Å²) >= 11 is 0. The molecule has 1 aliphatic rings. The lowest BCUT2D eigenvalue weighted by molar-refractivity contribution is -0.158. The molecule has 0 aromatic rings. The molecule has 2 atom stereocenters. The lowest BCUT2D eigenvalue weighted by Crippen LogP contribution is -2.29. The van der Waals surface area contributed by atoms with E-state index in [0.717, 1.165) is 25.7 Å². The minimum absolute atomic E-state index is 0.259. The van der Waals surface area contributed by atoms with Gasteiger partial charge in [-0.15, -0.1) is 0 Å². The first kappa shape index (κ1) is 21.7. The predicted molar refractivity (Wildman–Crippen MR) is 100 cm³/mol. The molecule has 1 rings (SSSR count). The zero-order valence-corrected chi connectivity index (χ0v) is 16.1. The first-order chi connectivity index (χ1) is 12.2. The molecule has 0 N–H and O–H groups in total. The van der Waals surface area contributed by atoms with E-state index in [1.807, 2.05) is 6.08 Å². The maximum atomic E-state index is 12.2. The third-order valence-corrected chi connectivity index (χ3v) is 4.73. The van der Waals surface area contributed by atoms with Gasteiger partial charge in [-0.3, -0.25) is 9.59 Å². The number of unbranched alkanes of at least 4 members (excludes halogenated alkanes) is 8. The van der Waals surface area contributed by atoms with Gasteiger partial charge in [0.2, 0.25) is 0 Å². The molecule has 0 aliphatic heterocycles. The molecule has 0 saturated heterocycles. The van der Waals surface area contributed by atoms with Gasteiger partial charge in [-0.2, -0.15) is 0 Å². The summed E-state index contributed by atoms with van der Waals surface area (Å²) in [7, 11) is 0. The van der Waals surface area contributed by atoms with Crippen LogP contribution in [0.4, 0.5) is 0 Å². The van der Waals surface area contributed by atoms with Crippen LogP contribution in [0.25, 0.3) is 0 Å². The molecule has 0 heterocycles. The second-order valence-corrected chi connectivity index (χ2v) is 6.96. The molecule has 2 unspecified atom stereocenters. The van der Waals surface area contributed by atoms with Crippen molar-refractivity contribution >= 4 is 11.9 Å². The zero-order chi connectivity index (χ0) is 18.3. The summed E-state index contributed by atoms with van der Waals surface area (Å²) in [5.41, 5.74) is 0. The summed E-state index contributed by atoms with van der Waals surface area (Å²) in [5, 5.41) is 0. The number of hydrogen-bond donors (Lipinski definition) is 0. The van der Waals surface area contributed by atoms with Crippen LogP contribution in [0.2, 0.25) is 0 Å². The van der Waals surface area contributed by atoms with E-state index < -0.39 is 11.8 Å². The summed E-state index contributed by atoms with van der Waals surface area (Å²) in [5.74, 6) is -1.41. The fourth-order valence-electron chi connectivity index (χ4n) is 3.10. The Bertz CT molecular complexity index is 403. The second kappa shape index (κ2) is 13.9. The van der Waals surface area contributed by atoms with E-state index in [1.54, 1.807) is 6.08 Å². The number of hydrogen-bond acceptors (Lipinski definition) is 4. The van der Waals surface area contributed by atoms with Crippen LogP contribution in [0.15, 0.2) is 12.2 Å². The van der Waals surface area contributed by atoms with Crippen LogP contribution in [0.1, 0.15) is 84.5 Å². The molecule has 4 heteroatoms. The van der Waals surface area contributed by atoms with Gasteiger partial charge in [-0.1, -0.05) is 77.4 Å². The summed E-state index contributed by atoms with van der Waals surface area (Å²) in [6.07, 6.45) is 15.5. The van der Waals surface area contributed by atoms with Crippen LogP contribution < -0.4 is 0 Å². The number of esters is 2. The summed E-state index contributed by atoms with van der Waals surface area (Å²) < 4.78 is 10.7. The molecule has 25 heavy (non-hydrogen) atoms. The SMILES string of the molecule is CCCCCCCOC(=O)C1C=CCC1C(=O)OCCCCCCC. The Hall–Kier alpha value is -1.32. The number of ether oxygens (including phenoxy) is 2. The monoisotopic (exact) mass is 352 g/mol. The minimum atomic E-state index is -0.469. The number of carbonyl (C=O) groups excluding carboxylic acids is 2. The molecular formula is C21H36O4. The molecule has 0 fully saturated rings. The molecule has 0 spiro atoms. The minimum Gasteiger partial charge on any atom is -0.465 e. The standard InChI is InChI=1S/C21H36O4/c1-3-5-7-9-11-16-24-20(22)18-14-13-15-19(18)21(23)25-17-12-10-8-6-4-2/h13-14,18-19H,3-12,15-17H2,1-2H3. The Morgan fingerprint density at radius 2 is 1.32 bits per heavy atom. The van der Waals surface area contributed by atoms with E-state index >= 15 is 0 Å². The van der Waals surface area contributed by atoms with Crippen molar-refractivity contribution in [3.05, 3.63) is 12.2 Å². The van der Waals surface area contributed by atoms with E-state index in [9.17, 15) is 9.59 Å². The van der Waals surface area contributed by atoms with Gasteiger partial charge in [0.05, 0.1) is 25.0 Å². The quantitative estimate of drug-likeness (QED) is 0.245. The van der Waals surface area contributed by atoms with Crippen LogP contribution in [0.3, 0.4) is 0 Å². The lowest BCUT2D eigenvalue weighted by atomic mass is 9.96. The van der Waals surface area contributed by atoms with Crippen LogP contribution in [-0.4, -0.2) is 25.2 Å². The zero-order valence-electron chi connectivity index (χ0n) is 16.1. The third-order valence-electron chi connectivity index (χ3n) is 4.73. The number of allylic oxidation sites excluding steroid dienone is 1. The fraction of sp³-hybridized carbons (Fsp3) is 0.810. The molecule has 0 bridgehead atoms. The summed E-state index contributed by atoms with van der Waals surface area (Å²) in [6.45, 7) is 5.26. The molecule has 4 nitrogen and oxygen atoms in total. The Morgan fingerprint density at radius 1 is 0.800 bits per heavy atom. The van der Waals surface area contributed by atoms with E-state index in [1.165, 1.54) is 38.5 Å². The molecule has 1 aliphatic carbocycles. The second-order valence-electron chi connectivity index (χ2n) is 6.96. The van der Waals surface area contributed by atoms with Crippen molar-refractivity contribution in [2.24, 2.45) is 11.8 Å². The Labute approximate surface area is 153 Å². The van der Waals surface area contributed by atoms with Crippen LogP contribution >= 0.6 is 0 Å². The highest BCUT2D eigenvalue weighted by Gasteiger charge is 2.36. The molecule has 144 valence electrons. The topological polar surface area (TPSA) is 52.6 Å². The highest BCUT2D eigenvalue weighted by Crippen LogP contribution is 2.28. The number of carbonyl (C=O) groups is 2. The van der Waals surface area contributed by atoms with Crippen molar-refractivity contribution in [2.75, 3.05) is 13.2 Å². The maximum absolute atomic E-state index is 12.2. The smallest absolute Gasteiger partial charge is 0.313 e. The van der Waals surface area contributed by atoms with E-state index in [4.69, 9.17) is 9.47 Å². The fourth-order valence-corrected chi connectivity index (χ4v) is 3.10. The molecule has 0 aromatic carbocycles. The molecular weight excluding hydrogens is 316 g/mol. The van der Waals surface area contributed by atoms with Gasteiger partial charge in [0, 0.05) is 0 Å². The van der Waals surface area contributed by atoms with Crippen LogP contribution in [0.5, 0.6) is 0 Å². The van der Waals surface area contributed by atoms with Gasteiger partial charge in [-0.25, -0.2) is 0 Å². The van der Waals surface area contributed by atoms with Gasteiger partial charge in [0.15, 0.2) is 0 Å². The highest BCUT2D eigenvalue weighted by molar-refractivity contribution is 5.84. The van der Waals surface area contributed by atoms with E-state index in [2.05, 4.69) is 13.8 Å². The van der Waals surface area contributed by atoms with Crippen molar-refractivity contribution in [1.82, 2.24) is 0 Å². The summed E-state index contributed by atoms with van der Waals surface area (Å²) in [4.78, 5) is 24.4. The Balaban J connectivity index is 2.21. The van der Waals surface area contributed by atoms with Crippen molar-refractivity contribution < 1.29 is 19.1 Å². The van der Waals surface area contributed by atoms with Gasteiger partial charge >= 0.3 is 11.9 Å². The molecule has 0 aromatic heterocycles. The average Bonchev–Trinajstić information content (AvgIpc) is 3.10. The van der Waals surface area contributed by atoms with E-state index in [-0.39, 0.29) is 11.9 Å². The molecule has 0 saturated carbocycles. The highest BCUT2D eigenvalue weighted by atomic mass is 16.5. The Kier molecular flexibility index (Phi) is 12.1. The van der Waals surface area contributed by atoms with Crippen LogP contribution in [0, 0.1) is 11.8 Å². The predicted octanol–water partition coefficient (Wildman–Crippen LogP) is 5.21. The average molecular weight is 353 g/mol. The van der Waals surface area contributed by atoms with Crippen molar-refractivity contribution in [1.29, 1.82) is 0 Å². The van der Waals surface area contributed by atoms with Gasteiger partial charge in [0.25, 0.3) is 0 Å². The van der Waals surface area contributed by atoms with Crippen molar-refractivity contribution in [2.45, 2.75) is 84.5 Å². The lowest BCUT2D eigenvalue weighted by Gasteiger charge is -2.17. The first-order valence-electron chi connectivity index (χ1n) is 10.2. The maximum Gasteiger partial charge on any atom is 0.313 e. The largest absolute Gasteiger partial charge is 0.465 e. The number of rotatable bonds is 14. The normalized spacial score (nSPS) is 19.1. The van der Waals surface area contributed by atoms with Crippen molar-refractivity contribution in [3.63, 3.8) is 0 Å².